The highest BCUT2D eigenvalue weighted by molar-refractivity contribution is 6.08. The first-order valence-electron chi connectivity index (χ1n) is 10.6. The molecule has 0 radical (unpaired) electrons. The molecule has 7 nitrogen and oxygen atoms in total. The van der Waals surface area contributed by atoms with Crippen LogP contribution in [0.3, 0.4) is 0 Å². The maximum absolute atomic E-state index is 14.0. The standard InChI is InChI=1S/C26H23FN4O3/c1-17(32)28-24-14-20(10-13-23(24)27)29-26(33)22-16-31(15-18-6-4-3-5-7-18)30-25(22)19-8-11-21(34-2)12-9-19/h3-14,16H,15H2,1-2H3,(H,28,32)(H,29,33). The van der Waals surface area contributed by atoms with Gasteiger partial charge in [-0.05, 0) is 48.0 Å². The zero-order valence-corrected chi connectivity index (χ0v) is 18.7. The lowest BCUT2D eigenvalue weighted by Crippen LogP contribution is -2.13. The third kappa shape index (κ3) is 5.29. The van der Waals surface area contributed by atoms with Crippen LogP contribution in [0.5, 0.6) is 5.75 Å². The topological polar surface area (TPSA) is 85.2 Å². The van der Waals surface area contributed by atoms with E-state index >= 15 is 0 Å². The van der Waals surface area contributed by atoms with E-state index in [4.69, 9.17) is 4.74 Å². The van der Waals surface area contributed by atoms with Gasteiger partial charge in [-0.1, -0.05) is 30.3 Å². The van der Waals surface area contributed by atoms with Crippen LogP contribution in [0.2, 0.25) is 0 Å². The van der Waals surface area contributed by atoms with E-state index < -0.39 is 17.6 Å². The molecule has 0 atom stereocenters. The van der Waals surface area contributed by atoms with Gasteiger partial charge in [0.05, 0.1) is 24.9 Å². The minimum atomic E-state index is -0.595. The van der Waals surface area contributed by atoms with Gasteiger partial charge in [0.2, 0.25) is 5.91 Å². The monoisotopic (exact) mass is 458 g/mol. The van der Waals surface area contributed by atoms with Crippen molar-refractivity contribution in [1.82, 2.24) is 9.78 Å². The normalized spacial score (nSPS) is 10.6. The third-order valence-corrected chi connectivity index (χ3v) is 5.09. The lowest BCUT2D eigenvalue weighted by Gasteiger charge is -2.09. The van der Waals surface area contributed by atoms with Crippen LogP contribution in [0.4, 0.5) is 15.8 Å². The Morgan fingerprint density at radius 1 is 1.00 bits per heavy atom. The summed E-state index contributed by atoms with van der Waals surface area (Å²) in [5, 5.41) is 9.85. The molecule has 8 heteroatoms. The van der Waals surface area contributed by atoms with Crippen molar-refractivity contribution in [2.45, 2.75) is 13.5 Å². The molecule has 0 saturated carbocycles. The molecule has 0 aliphatic rings. The summed E-state index contributed by atoms with van der Waals surface area (Å²) in [6.07, 6.45) is 1.68. The first-order chi connectivity index (χ1) is 16.4. The molecule has 0 unspecified atom stereocenters. The minimum Gasteiger partial charge on any atom is -0.497 e. The van der Waals surface area contributed by atoms with E-state index in [0.717, 1.165) is 11.1 Å². The molecular formula is C26H23FN4O3. The molecule has 172 valence electrons. The number of hydrogen-bond acceptors (Lipinski definition) is 4. The van der Waals surface area contributed by atoms with E-state index in [1.165, 1.54) is 25.1 Å². The first kappa shape index (κ1) is 22.7. The Bertz CT molecular complexity index is 1320. The molecule has 1 aromatic heterocycles. The van der Waals surface area contributed by atoms with Gasteiger partial charge in [-0.25, -0.2) is 4.39 Å². The molecule has 3 aromatic carbocycles. The molecule has 2 amide bonds. The molecule has 4 aromatic rings. The number of carbonyl (C=O) groups excluding carboxylic acids is 2. The fourth-order valence-electron chi connectivity index (χ4n) is 3.49. The van der Waals surface area contributed by atoms with Crippen LogP contribution in [-0.2, 0) is 11.3 Å². The van der Waals surface area contributed by atoms with Crippen LogP contribution >= 0.6 is 0 Å². The number of ether oxygens (including phenoxy) is 1. The molecule has 0 fully saturated rings. The van der Waals surface area contributed by atoms with Gasteiger partial charge in [0, 0.05) is 24.4 Å². The second-order valence-electron chi connectivity index (χ2n) is 7.63. The van der Waals surface area contributed by atoms with Crippen molar-refractivity contribution >= 4 is 23.2 Å². The molecule has 0 aliphatic carbocycles. The number of amides is 2. The Morgan fingerprint density at radius 3 is 2.41 bits per heavy atom. The summed E-state index contributed by atoms with van der Waals surface area (Å²) in [4.78, 5) is 24.6. The van der Waals surface area contributed by atoms with Gasteiger partial charge in [-0.3, -0.25) is 14.3 Å². The van der Waals surface area contributed by atoms with Gasteiger partial charge in [0.25, 0.3) is 5.91 Å². The Kier molecular flexibility index (Phi) is 6.68. The van der Waals surface area contributed by atoms with Gasteiger partial charge in [-0.15, -0.1) is 0 Å². The summed E-state index contributed by atoms with van der Waals surface area (Å²) in [7, 11) is 1.58. The molecule has 0 aliphatic heterocycles. The van der Waals surface area contributed by atoms with Gasteiger partial charge in [-0.2, -0.15) is 5.10 Å². The molecule has 1 heterocycles. The SMILES string of the molecule is COc1ccc(-c2nn(Cc3ccccc3)cc2C(=O)Nc2ccc(F)c(NC(C)=O)c2)cc1. The summed E-state index contributed by atoms with van der Waals surface area (Å²) in [6, 6.07) is 21.0. The molecule has 4 rings (SSSR count). The zero-order valence-electron chi connectivity index (χ0n) is 18.7. The molecule has 0 saturated heterocycles. The highest BCUT2D eigenvalue weighted by Crippen LogP contribution is 2.27. The van der Waals surface area contributed by atoms with Crippen LogP contribution < -0.4 is 15.4 Å². The summed E-state index contributed by atoms with van der Waals surface area (Å²) in [6.45, 7) is 1.77. The number of aromatic nitrogens is 2. The number of rotatable bonds is 7. The average molecular weight is 458 g/mol. The van der Waals surface area contributed by atoms with Crippen LogP contribution in [0.25, 0.3) is 11.3 Å². The molecular weight excluding hydrogens is 435 g/mol. The fraction of sp³-hybridized carbons (Fsp3) is 0.115. The van der Waals surface area contributed by atoms with Crippen LogP contribution in [0, 0.1) is 5.82 Å². The van der Waals surface area contributed by atoms with E-state index in [9.17, 15) is 14.0 Å². The lowest BCUT2D eigenvalue weighted by molar-refractivity contribution is -0.114. The summed E-state index contributed by atoms with van der Waals surface area (Å²) >= 11 is 0. The average Bonchev–Trinajstić information content (AvgIpc) is 3.25. The second kappa shape index (κ2) is 9.99. The Hall–Kier alpha value is -4.46. The van der Waals surface area contributed by atoms with Gasteiger partial charge >= 0.3 is 0 Å². The minimum absolute atomic E-state index is 0.0135. The molecule has 2 N–H and O–H groups in total. The molecule has 34 heavy (non-hydrogen) atoms. The first-order valence-corrected chi connectivity index (χ1v) is 10.6. The van der Waals surface area contributed by atoms with Gasteiger partial charge in [0.1, 0.15) is 17.3 Å². The van der Waals surface area contributed by atoms with Crippen molar-refractivity contribution < 1.29 is 18.7 Å². The summed E-state index contributed by atoms with van der Waals surface area (Å²) in [5.74, 6) is -0.727. The maximum atomic E-state index is 14.0. The number of nitrogens with one attached hydrogen (secondary N) is 2. The predicted molar refractivity (Wildman–Crippen MR) is 128 cm³/mol. The maximum Gasteiger partial charge on any atom is 0.259 e. The number of halogens is 1. The van der Waals surface area contributed by atoms with E-state index in [1.807, 2.05) is 42.5 Å². The van der Waals surface area contributed by atoms with E-state index in [1.54, 1.807) is 30.1 Å². The van der Waals surface area contributed by atoms with Gasteiger partial charge in [0.15, 0.2) is 0 Å². The summed E-state index contributed by atoms with van der Waals surface area (Å²) in [5.41, 5.74) is 2.96. The number of hydrogen-bond donors (Lipinski definition) is 2. The van der Waals surface area contributed by atoms with Crippen LogP contribution in [0.15, 0.2) is 79.0 Å². The smallest absolute Gasteiger partial charge is 0.259 e. The number of methoxy groups -OCH3 is 1. The Balaban J connectivity index is 1.67. The number of carbonyl (C=O) groups is 2. The highest BCUT2D eigenvalue weighted by atomic mass is 19.1. The number of anilines is 2. The fourth-order valence-corrected chi connectivity index (χ4v) is 3.49. The zero-order chi connectivity index (χ0) is 24.1. The molecule has 0 spiro atoms. The molecule has 0 bridgehead atoms. The van der Waals surface area contributed by atoms with Crippen molar-refractivity contribution in [2.75, 3.05) is 17.7 Å². The Morgan fingerprint density at radius 2 is 1.74 bits per heavy atom. The predicted octanol–water partition coefficient (Wildman–Crippen LogP) is 4.96. The number of benzene rings is 3. The Labute approximate surface area is 196 Å². The summed E-state index contributed by atoms with van der Waals surface area (Å²) < 4.78 is 20.9. The second-order valence-corrected chi connectivity index (χ2v) is 7.63. The van der Waals surface area contributed by atoms with Gasteiger partial charge < -0.3 is 15.4 Å². The van der Waals surface area contributed by atoms with Crippen LogP contribution in [0.1, 0.15) is 22.8 Å². The quantitative estimate of drug-likeness (QED) is 0.410. The third-order valence-electron chi connectivity index (χ3n) is 5.09. The lowest BCUT2D eigenvalue weighted by atomic mass is 10.1. The van der Waals surface area contributed by atoms with Crippen molar-refractivity contribution in [3.05, 3.63) is 95.9 Å². The number of nitrogens with zero attached hydrogens (tertiary/aromatic N) is 2. The van der Waals surface area contributed by atoms with Crippen molar-refractivity contribution in [3.8, 4) is 17.0 Å². The van der Waals surface area contributed by atoms with Crippen molar-refractivity contribution in [1.29, 1.82) is 0 Å². The van der Waals surface area contributed by atoms with Crippen LogP contribution in [-0.4, -0.2) is 28.7 Å². The van der Waals surface area contributed by atoms with E-state index in [-0.39, 0.29) is 5.69 Å². The largest absolute Gasteiger partial charge is 0.497 e. The van der Waals surface area contributed by atoms with Crippen molar-refractivity contribution in [2.24, 2.45) is 0 Å². The van der Waals surface area contributed by atoms with Crippen molar-refractivity contribution in [3.63, 3.8) is 0 Å². The highest BCUT2D eigenvalue weighted by Gasteiger charge is 2.19. The van der Waals surface area contributed by atoms with E-state index in [2.05, 4.69) is 15.7 Å². The van der Waals surface area contributed by atoms with E-state index in [0.29, 0.717) is 29.2 Å².